The number of nitrogens with one attached hydrogen (secondary N) is 1. The molecule has 0 spiro atoms. The predicted molar refractivity (Wildman–Crippen MR) is 105 cm³/mol. The van der Waals surface area contributed by atoms with Crippen molar-refractivity contribution in [1.82, 2.24) is 4.90 Å². The first-order valence-corrected chi connectivity index (χ1v) is 10.8. The third-order valence-corrected chi connectivity index (χ3v) is 6.83. The lowest BCUT2D eigenvalue weighted by molar-refractivity contribution is 0.248. The van der Waals surface area contributed by atoms with Crippen molar-refractivity contribution in [2.75, 3.05) is 35.8 Å². The average Bonchev–Trinajstić information content (AvgIpc) is 3.47. The van der Waals surface area contributed by atoms with Gasteiger partial charge in [-0.1, -0.05) is 0 Å². The van der Waals surface area contributed by atoms with E-state index in [1.54, 1.807) is 19.1 Å². The summed E-state index contributed by atoms with van der Waals surface area (Å²) in [6, 6.07) is 11.9. The number of hydrogen-bond donors (Lipinski definition) is 1. The molecule has 1 aliphatic carbocycles. The monoisotopic (exact) mass is 389 g/mol. The molecule has 1 N–H and O–H groups in total. The molecule has 0 aromatic heterocycles. The van der Waals surface area contributed by atoms with Gasteiger partial charge in [0.05, 0.1) is 4.90 Å². The van der Waals surface area contributed by atoms with Crippen LogP contribution in [0.15, 0.2) is 47.4 Å². The van der Waals surface area contributed by atoms with Crippen LogP contribution in [0.1, 0.15) is 18.4 Å². The molecular weight excluding hydrogens is 365 g/mol. The van der Waals surface area contributed by atoms with Crippen molar-refractivity contribution in [2.45, 2.75) is 30.7 Å². The molecule has 1 saturated carbocycles. The number of hydrogen-bond acceptors (Lipinski definition) is 4. The Kier molecular flexibility index (Phi) is 4.82. The third kappa shape index (κ3) is 4.09. The van der Waals surface area contributed by atoms with Gasteiger partial charge in [-0.25, -0.2) is 12.8 Å². The zero-order valence-corrected chi connectivity index (χ0v) is 16.2. The van der Waals surface area contributed by atoms with E-state index >= 15 is 0 Å². The molecule has 0 amide bonds. The molecule has 1 saturated heterocycles. The number of benzene rings is 2. The van der Waals surface area contributed by atoms with Crippen molar-refractivity contribution < 1.29 is 12.8 Å². The highest BCUT2D eigenvalue weighted by Crippen LogP contribution is 2.29. The molecule has 0 atom stereocenters. The van der Waals surface area contributed by atoms with E-state index in [1.165, 1.54) is 25.0 Å². The van der Waals surface area contributed by atoms with Gasteiger partial charge in [-0.05, 0) is 67.8 Å². The number of halogens is 1. The molecule has 2 fully saturated rings. The maximum absolute atomic E-state index is 13.2. The normalized spacial score (nSPS) is 18.5. The Morgan fingerprint density at radius 3 is 2.26 bits per heavy atom. The van der Waals surface area contributed by atoms with Crippen LogP contribution in [0.3, 0.4) is 0 Å². The fraction of sp³-hybridized carbons (Fsp3) is 0.400. The highest BCUT2D eigenvalue weighted by Gasteiger charge is 2.31. The van der Waals surface area contributed by atoms with Crippen LogP contribution < -0.4 is 9.62 Å². The molecule has 0 unspecified atom stereocenters. The first-order valence-electron chi connectivity index (χ1n) is 9.30. The maximum Gasteiger partial charge on any atom is 0.262 e. The standard InChI is InChI=1S/C20H24FN3O2S/c1-15-14-16(21)2-9-20(15)27(25,26)22-17-3-5-18(6-4-17)23-10-12-24(13-11-23)19-7-8-19/h2-6,9,14,19,22H,7-8,10-13H2,1H3. The maximum atomic E-state index is 13.2. The second-order valence-electron chi connectivity index (χ2n) is 7.32. The lowest BCUT2D eigenvalue weighted by Gasteiger charge is -2.36. The molecule has 4 rings (SSSR count). The van der Waals surface area contributed by atoms with E-state index in [1.807, 2.05) is 12.1 Å². The zero-order valence-electron chi connectivity index (χ0n) is 15.4. The van der Waals surface area contributed by atoms with Gasteiger partial charge in [0.15, 0.2) is 0 Å². The first kappa shape index (κ1) is 18.3. The molecule has 5 nitrogen and oxygen atoms in total. The Morgan fingerprint density at radius 2 is 1.67 bits per heavy atom. The van der Waals surface area contributed by atoms with E-state index in [-0.39, 0.29) is 4.90 Å². The molecule has 2 aromatic carbocycles. The minimum absolute atomic E-state index is 0.0872. The summed E-state index contributed by atoms with van der Waals surface area (Å²) in [4.78, 5) is 4.98. The highest BCUT2D eigenvalue weighted by atomic mass is 32.2. The van der Waals surface area contributed by atoms with Crippen LogP contribution in [-0.4, -0.2) is 45.5 Å². The molecule has 2 aliphatic rings. The van der Waals surface area contributed by atoms with E-state index < -0.39 is 15.8 Å². The Balaban J connectivity index is 1.43. The van der Waals surface area contributed by atoms with Crippen molar-refractivity contribution in [3.8, 4) is 0 Å². The van der Waals surface area contributed by atoms with Crippen LogP contribution in [0.25, 0.3) is 0 Å². The van der Waals surface area contributed by atoms with Gasteiger partial charge in [-0.15, -0.1) is 0 Å². The molecule has 2 aromatic rings. The van der Waals surface area contributed by atoms with Crippen LogP contribution in [-0.2, 0) is 10.0 Å². The SMILES string of the molecule is Cc1cc(F)ccc1S(=O)(=O)Nc1ccc(N2CCN(C3CC3)CC2)cc1. The Labute approximate surface area is 159 Å². The van der Waals surface area contributed by atoms with Crippen LogP contribution in [0, 0.1) is 12.7 Å². The zero-order chi connectivity index (χ0) is 19.0. The lowest BCUT2D eigenvalue weighted by Crippen LogP contribution is -2.47. The van der Waals surface area contributed by atoms with E-state index in [9.17, 15) is 12.8 Å². The van der Waals surface area contributed by atoms with Crippen molar-refractivity contribution in [3.63, 3.8) is 0 Å². The van der Waals surface area contributed by atoms with Gasteiger partial charge >= 0.3 is 0 Å². The molecule has 7 heteroatoms. The highest BCUT2D eigenvalue weighted by molar-refractivity contribution is 7.92. The summed E-state index contributed by atoms with van der Waals surface area (Å²) >= 11 is 0. The molecule has 0 bridgehead atoms. The number of piperazine rings is 1. The molecule has 27 heavy (non-hydrogen) atoms. The molecule has 144 valence electrons. The molecule has 1 aliphatic heterocycles. The Morgan fingerprint density at radius 1 is 1.00 bits per heavy atom. The average molecular weight is 389 g/mol. The largest absolute Gasteiger partial charge is 0.369 e. The minimum atomic E-state index is -3.75. The van der Waals surface area contributed by atoms with Crippen molar-refractivity contribution in [3.05, 3.63) is 53.8 Å². The van der Waals surface area contributed by atoms with E-state index in [0.29, 0.717) is 11.3 Å². The van der Waals surface area contributed by atoms with Crippen LogP contribution in [0.4, 0.5) is 15.8 Å². The summed E-state index contributed by atoms with van der Waals surface area (Å²) in [6.45, 7) is 5.75. The fourth-order valence-corrected chi connectivity index (χ4v) is 4.94. The minimum Gasteiger partial charge on any atom is -0.369 e. The topological polar surface area (TPSA) is 52.7 Å². The summed E-state index contributed by atoms with van der Waals surface area (Å²) in [7, 11) is -3.75. The van der Waals surface area contributed by atoms with Gasteiger partial charge in [-0.3, -0.25) is 9.62 Å². The quantitative estimate of drug-likeness (QED) is 0.853. The number of aryl methyl sites for hydroxylation is 1. The van der Waals surface area contributed by atoms with Gasteiger partial charge < -0.3 is 4.90 Å². The van der Waals surface area contributed by atoms with Crippen LogP contribution >= 0.6 is 0 Å². The van der Waals surface area contributed by atoms with Crippen LogP contribution in [0.2, 0.25) is 0 Å². The van der Waals surface area contributed by atoms with E-state index in [2.05, 4.69) is 14.5 Å². The van der Waals surface area contributed by atoms with E-state index in [0.717, 1.165) is 44.0 Å². The summed E-state index contributed by atoms with van der Waals surface area (Å²) in [5, 5.41) is 0. The summed E-state index contributed by atoms with van der Waals surface area (Å²) < 4.78 is 41.0. The first-order chi connectivity index (χ1) is 12.9. The number of nitrogens with zero attached hydrogens (tertiary/aromatic N) is 2. The second-order valence-corrected chi connectivity index (χ2v) is 8.97. The van der Waals surface area contributed by atoms with Gasteiger partial charge in [0, 0.05) is 43.6 Å². The smallest absolute Gasteiger partial charge is 0.262 e. The summed E-state index contributed by atoms with van der Waals surface area (Å²) in [6.07, 6.45) is 2.67. The summed E-state index contributed by atoms with van der Waals surface area (Å²) in [5.74, 6) is -0.447. The van der Waals surface area contributed by atoms with Gasteiger partial charge in [0.1, 0.15) is 5.82 Å². The van der Waals surface area contributed by atoms with E-state index in [4.69, 9.17) is 0 Å². The third-order valence-electron chi connectivity index (χ3n) is 5.29. The van der Waals surface area contributed by atoms with Crippen molar-refractivity contribution >= 4 is 21.4 Å². The fourth-order valence-electron chi connectivity index (χ4n) is 3.65. The lowest BCUT2D eigenvalue weighted by atomic mass is 10.2. The Bertz CT molecular complexity index is 919. The van der Waals surface area contributed by atoms with Crippen molar-refractivity contribution in [2.24, 2.45) is 0 Å². The van der Waals surface area contributed by atoms with Gasteiger partial charge in [0.25, 0.3) is 10.0 Å². The molecular formula is C20H24FN3O2S. The number of sulfonamides is 1. The van der Waals surface area contributed by atoms with Gasteiger partial charge in [-0.2, -0.15) is 0 Å². The van der Waals surface area contributed by atoms with Gasteiger partial charge in [0.2, 0.25) is 0 Å². The molecule has 0 radical (unpaired) electrons. The Hall–Kier alpha value is -2.12. The van der Waals surface area contributed by atoms with Crippen LogP contribution in [0.5, 0.6) is 0 Å². The summed E-state index contributed by atoms with van der Waals surface area (Å²) in [5.41, 5.74) is 1.98. The predicted octanol–water partition coefficient (Wildman–Crippen LogP) is 3.22. The molecule has 1 heterocycles. The number of anilines is 2. The number of rotatable bonds is 5. The van der Waals surface area contributed by atoms with Crippen molar-refractivity contribution in [1.29, 1.82) is 0 Å². The second kappa shape index (κ2) is 7.13.